The molecule has 2 aliphatic carbocycles. The molecule has 0 aliphatic heterocycles. The molecule has 1 nitrogen and oxygen atoms in total. The van der Waals surface area contributed by atoms with Gasteiger partial charge in [0, 0.05) is 22.2 Å². The van der Waals surface area contributed by atoms with E-state index < -0.39 is 0 Å². The van der Waals surface area contributed by atoms with Crippen molar-refractivity contribution in [1.29, 1.82) is 0 Å². The minimum Gasteiger partial charge on any atom is -0.309 e. The van der Waals surface area contributed by atoms with Crippen LogP contribution in [-0.4, -0.2) is 17.5 Å². The van der Waals surface area contributed by atoms with Crippen LogP contribution in [0.3, 0.4) is 0 Å². The Labute approximate surface area is 123 Å². The fourth-order valence-corrected chi connectivity index (χ4v) is 5.61. The summed E-state index contributed by atoms with van der Waals surface area (Å²) in [4.78, 5) is 1.50. The molecule has 1 aromatic heterocycles. The second kappa shape index (κ2) is 5.35. The molecule has 0 saturated heterocycles. The Bertz CT molecular complexity index is 423. The fourth-order valence-electron chi connectivity index (χ4n) is 3.32. The standard InChI is InChI=1S/C14H20ClNS2/c1-17-14(6-2-3-7-14)9-16-11-4-5-12-10(11)8-13(15)18-12/h8,11,16H,2-7,9H2,1H3. The van der Waals surface area contributed by atoms with Crippen molar-refractivity contribution in [1.82, 2.24) is 5.32 Å². The van der Waals surface area contributed by atoms with E-state index in [1.54, 1.807) is 11.3 Å². The van der Waals surface area contributed by atoms with E-state index >= 15 is 0 Å². The third kappa shape index (κ3) is 2.47. The normalized spacial score (nSPS) is 25.6. The van der Waals surface area contributed by atoms with E-state index in [0.29, 0.717) is 10.8 Å². The summed E-state index contributed by atoms with van der Waals surface area (Å²) in [5.74, 6) is 0. The lowest BCUT2D eigenvalue weighted by atomic mass is 10.1. The summed E-state index contributed by atoms with van der Waals surface area (Å²) in [6.45, 7) is 1.16. The van der Waals surface area contributed by atoms with Gasteiger partial charge in [-0.15, -0.1) is 11.3 Å². The molecule has 2 aliphatic rings. The maximum absolute atomic E-state index is 6.11. The Kier molecular flexibility index (Phi) is 3.95. The van der Waals surface area contributed by atoms with Crippen LogP contribution in [-0.2, 0) is 6.42 Å². The molecule has 0 radical (unpaired) electrons. The van der Waals surface area contributed by atoms with E-state index in [2.05, 4.69) is 29.4 Å². The minimum atomic E-state index is 0.503. The smallest absolute Gasteiger partial charge is 0.0934 e. The first kappa shape index (κ1) is 13.3. The molecular formula is C14H20ClNS2. The summed E-state index contributed by atoms with van der Waals surface area (Å²) >= 11 is 9.94. The first-order valence-corrected chi connectivity index (χ1v) is 9.21. The van der Waals surface area contributed by atoms with Crippen molar-refractivity contribution >= 4 is 34.7 Å². The van der Waals surface area contributed by atoms with E-state index in [1.165, 1.54) is 49.0 Å². The van der Waals surface area contributed by atoms with Crippen LogP contribution in [0.4, 0.5) is 0 Å². The Balaban J connectivity index is 1.64. The van der Waals surface area contributed by atoms with Gasteiger partial charge in [-0.3, -0.25) is 0 Å². The Morgan fingerprint density at radius 2 is 2.28 bits per heavy atom. The second-order valence-electron chi connectivity index (χ2n) is 5.50. The Morgan fingerprint density at radius 3 is 3.00 bits per heavy atom. The summed E-state index contributed by atoms with van der Waals surface area (Å²) in [7, 11) is 0. The van der Waals surface area contributed by atoms with E-state index in [1.807, 2.05) is 0 Å². The van der Waals surface area contributed by atoms with Crippen molar-refractivity contribution in [2.45, 2.75) is 49.3 Å². The number of fused-ring (bicyclic) bond motifs is 1. The maximum Gasteiger partial charge on any atom is 0.0934 e. The molecule has 3 rings (SSSR count). The molecule has 18 heavy (non-hydrogen) atoms. The number of thiophene rings is 1. The molecule has 1 atom stereocenters. The Morgan fingerprint density at radius 1 is 1.50 bits per heavy atom. The predicted octanol–water partition coefficient (Wildman–Crippen LogP) is 4.65. The molecule has 0 spiro atoms. The van der Waals surface area contributed by atoms with Crippen LogP contribution < -0.4 is 5.32 Å². The summed E-state index contributed by atoms with van der Waals surface area (Å²) in [5, 5.41) is 3.81. The summed E-state index contributed by atoms with van der Waals surface area (Å²) in [6.07, 6.45) is 10.3. The van der Waals surface area contributed by atoms with Crippen molar-refractivity contribution in [3.8, 4) is 0 Å². The predicted molar refractivity (Wildman–Crippen MR) is 83.1 cm³/mol. The van der Waals surface area contributed by atoms with Gasteiger partial charge in [-0.2, -0.15) is 11.8 Å². The molecule has 1 heterocycles. The molecule has 1 N–H and O–H groups in total. The van der Waals surface area contributed by atoms with Gasteiger partial charge in [0.15, 0.2) is 0 Å². The van der Waals surface area contributed by atoms with Crippen LogP contribution in [0.15, 0.2) is 6.07 Å². The Hall–Kier alpha value is 0.300. The number of hydrogen-bond donors (Lipinski definition) is 1. The zero-order valence-electron chi connectivity index (χ0n) is 10.8. The van der Waals surface area contributed by atoms with Crippen LogP contribution in [0.5, 0.6) is 0 Å². The molecule has 4 heteroatoms. The molecule has 1 saturated carbocycles. The first-order chi connectivity index (χ1) is 8.72. The van der Waals surface area contributed by atoms with Crippen molar-refractivity contribution < 1.29 is 0 Å². The number of nitrogens with one attached hydrogen (secondary N) is 1. The first-order valence-electron chi connectivity index (χ1n) is 6.79. The fraction of sp³-hybridized carbons (Fsp3) is 0.714. The molecule has 1 aromatic rings. The van der Waals surface area contributed by atoms with Gasteiger partial charge in [0.05, 0.1) is 4.34 Å². The average molecular weight is 302 g/mol. The van der Waals surface area contributed by atoms with Gasteiger partial charge in [-0.1, -0.05) is 24.4 Å². The van der Waals surface area contributed by atoms with Crippen LogP contribution in [0.25, 0.3) is 0 Å². The third-order valence-corrected chi connectivity index (χ3v) is 7.22. The van der Waals surface area contributed by atoms with Crippen LogP contribution in [0.2, 0.25) is 4.34 Å². The number of rotatable bonds is 4. The summed E-state index contributed by atoms with van der Waals surface area (Å²) < 4.78 is 1.45. The molecule has 100 valence electrons. The molecule has 0 aromatic carbocycles. The van der Waals surface area contributed by atoms with E-state index in [0.717, 1.165) is 10.9 Å². The molecule has 0 bridgehead atoms. The van der Waals surface area contributed by atoms with E-state index in [4.69, 9.17) is 11.6 Å². The third-order valence-electron chi connectivity index (χ3n) is 4.47. The van der Waals surface area contributed by atoms with Crippen LogP contribution in [0.1, 0.15) is 48.6 Å². The lowest BCUT2D eigenvalue weighted by Crippen LogP contribution is -2.36. The summed E-state index contributed by atoms with van der Waals surface area (Å²) in [5.41, 5.74) is 1.47. The highest BCUT2D eigenvalue weighted by Crippen LogP contribution is 2.42. The highest BCUT2D eigenvalue weighted by molar-refractivity contribution is 8.00. The number of hydrogen-bond acceptors (Lipinski definition) is 3. The zero-order valence-corrected chi connectivity index (χ0v) is 13.2. The lowest BCUT2D eigenvalue weighted by molar-refractivity contribution is 0.465. The van der Waals surface area contributed by atoms with E-state index in [-0.39, 0.29) is 0 Å². The van der Waals surface area contributed by atoms with Crippen LogP contribution >= 0.6 is 34.7 Å². The molecule has 0 amide bonds. The summed E-state index contributed by atoms with van der Waals surface area (Å²) in [6, 6.07) is 2.72. The van der Waals surface area contributed by atoms with Crippen molar-refractivity contribution in [2.24, 2.45) is 0 Å². The molecule has 1 fully saturated rings. The highest BCUT2D eigenvalue weighted by Gasteiger charge is 2.34. The maximum atomic E-state index is 6.11. The van der Waals surface area contributed by atoms with Gasteiger partial charge >= 0.3 is 0 Å². The van der Waals surface area contributed by atoms with Gasteiger partial charge in [0.25, 0.3) is 0 Å². The topological polar surface area (TPSA) is 12.0 Å². The minimum absolute atomic E-state index is 0.503. The SMILES string of the molecule is CSC1(CNC2CCc3sc(Cl)cc32)CCCC1. The van der Waals surface area contributed by atoms with Gasteiger partial charge in [-0.05, 0) is 43.6 Å². The number of halogens is 1. The van der Waals surface area contributed by atoms with Crippen molar-refractivity contribution in [2.75, 3.05) is 12.8 Å². The van der Waals surface area contributed by atoms with Crippen molar-refractivity contribution in [3.05, 3.63) is 20.8 Å². The van der Waals surface area contributed by atoms with Gasteiger partial charge < -0.3 is 5.32 Å². The zero-order chi connectivity index (χ0) is 12.6. The van der Waals surface area contributed by atoms with Gasteiger partial charge in [-0.25, -0.2) is 0 Å². The highest BCUT2D eigenvalue weighted by atomic mass is 35.5. The quantitative estimate of drug-likeness (QED) is 0.868. The second-order valence-corrected chi connectivity index (χ2v) is 8.54. The average Bonchev–Trinajstić information content (AvgIpc) is 3.03. The monoisotopic (exact) mass is 301 g/mol. The van der Waals surface area contributed by atoms with Gasteiger partial charge in [0.1, 0.15) is 0 Å². The number of aryl methyl sites for hydroxylation is 1. The molecular weight excluding hydrogens is 282 g/mol. The largest absolute Gasteiger partial charge is 0.309 e. The molecule has 1 unspecified atom stereocenters. The van der Waals surface area contributed by atoms with Gasteiger partial charge in [0.2, 0.25) is 0 Å². The van der Waals surface area contributed by atoms with Crippen LogP contribution in [0, 0.1) is 0 Å². The lowest BCUT2D eigenvalue weighted by Gasteiger charge is -2.29. The van der Waals surface area contributed by atoms with E-state index in [9.17, 15) is 0 Å². The van der Waals surface area contributed by atoms with Crippen molar-refractivity contribution in [3.63, 3.8) is 0 Å². The number of thioether (sulfide) groups is 1.